The zero-order valence-corrected chi connectivity index (χ0v) is 9.96. The number of esters is 1. The Bertz CT molecular complexity index is 323. The molecule has 0 saturated carbocycles. The van der Waals surface area contributed by atoms with E-state index in [0.717, 1.165) is 0 Å². The largest absolute Gasteiger partial charge is 0.462 e. The molecule has 0 aromatic heterocycles. The molecule has 0 bridgehead atoms. The first-order valence-electron chi connectivity index (χ1n) is 5.76. The van der Waals surface area contributed by atoms with Gasteiger partial charge in [-0.05, 0) is 18.6 Å². The van der Waals surface area contributed by atoms with E-state index in [1.807, 2.05) is 13.0 Å². The summed E-state index contributed by atoms with van der Waals surface area (Å²) in [5, 5.41) is 9.11. The first kappa shape index (κ1) is 13.7. The number of carbonyl (C=O) groups is 1. The second kappa shape index (κ2) is 7.81. The van der Waals surface area contributed by atoms with E-state index in [0.29, 0.717) is 31.6 Å². The van der Waals surface area contributed by atoms with Gasteiger partial charge >= 0.3 is 5.97 Å². The maximum Gasteiger partial charge on any atom is 0.338 e. The van der Waals surface area contributed by atoms with Crippen molar-refractivity contribution in [3.05, 3.63) is 35.9 Å². The van der Waals surface area contributed by atoms with Crippen molar-refractivity contribution in [2.24, 2.45) is 0 Å². The lowest BCUT2D eigenvalue weighted by Crippen LogP contribution is -2.13. The van der Waals surface area contributed by atoms with Crippen molar-refractivity contribution in [3.8, 4) is 0 Å². The molecule has 4 nitrogen and oxygen atoms in total. The highest BCUT2D eigenvalue weighted by Gasteiger charge is 2.05. The van der Waals surface area contributed by atoms with Crippen molar-refractivity contribution in [1.29, 1.82) is 0 Å². The minimum atomic E-state index is -0.722. The third-order valence-electron chi connectivity index (χ3n) is 2.19. The van der Waals surface area contributed by atoms with Crippen molar-refractivity contribution < 1.29 is 19.4 Å². The standard InChI is InChI=1S/C13H18O4/c1-2-12(14)16-9-6-10-17-13(15)11-7-4-3-5-8-11/h3-5,7-8,12,14H,2,6,9-10H2,1H3. The monoisotopic (exact) mass is 238 g/mol. The molecule has 1 atom stereocenters. The molecule has 1 unspecified atom stereocenters. The molecule has 0 fully saturated rings. The Labute approximate surface area is 101 Å². The van der Waals surface area contributed by atoms with E-state index < -0.39 is 6.29 Å². The van der Waals surface area contributed by atoms with Crippen LogP contribution in [0.1, 0.15) is 30.1 Å². The van der Waals surface area contributed by atoms with Crippen LogP contribution in [0.5, 0.6) is 0 Å². The van der Waals surface area contributed by atoms with E-state index in [1.165, 1.54) is 0 Å². The van der Waals surface area contributed by atoms with E-state index >= 15 is 0 Å². The van der Waals surface area contributed by atoms with Crippen molar-refractivity contribution in [2.45, 2.75) is 26.1 Å². The number of hydrogen-bond acceptors (Lipinski definition) is 4. The summed E-state index contributed by atoms with van der Waals surface area (Å²) in [5.74, 6) is -0.332. The fourth-order valence-electron chi connectivity index (χ4n) is 1.22. The molecule has 1 rings (SSSR count). The van der Waals surface area contributed by atoms with Crippen LogP contribution in [0.3, 0.4) is 0 Å². The topological polar surface area (TPSA) is 55.8 Å². The summed E-state index contributed by atoms with van der Waals surface area (Å²) in [6, 6.07) is 8.84. The Morgan fingerprint density at radius 3 is 2.65 bits per heavy atom. The maximum absolute atomic E-state index is 11.5. The number of aliphatic hydroxyl groups is 1. The molecular formula is C13H18O4. The minimum absolute atomic E-state index is 0.296. The molecule has 1 N–H and O–H groups in total. The first-order chi connectivity index (χ1) is 8.24. The predicted octanol–water partition coefficient (Wildman–Crippen LogP) is 1.98. The average Bonchev–Trinajstić information content (AvgIpc) is 2.38. The lowest BCUT2D eigenvalue weighted by atomic mass is 10.2. The molecule has 0 amide bonds. The van der Waals surface area contributed by atoms with Gasteiger partial charge in [-0.25, -0.2) is 4.79 Å². The Balaban J connectivity index is 2.13. The zero-order valence-electron chi connectivity index (χ0n) is 9.96. The Morgan fingerprint density at radius 2 is 2.00 bits per heavy atom. The first-order valence-corrected chi connectivity index (χ1v) is 5.76. The summed E-state index contributed by atoms with van der Waals surface area (Å²) < 4.78 is 10.1. The van der Waals surface area contributed by atoms with Crippen LogP contribution in [-0.2, 0) is 9.47 Å². The fraction of sp³-hybridized carbons (Fsp3) is 0.462. The third-order valence-corrected chi connectivity index (χ3v) is 2.19. The number of benzene rings is 1. The van der Waals surface area contributed by atoms with Gasteiger partial charge in [0.1, 0.15) is 0 Å². The van der Waals surface area contributed by atoms with Crippen LogP contribution >= 0.6 is 0 Å². The molecule has 0 aliphatic carbocycles. The molecule has 0 aliphatic heterocycles. The normalized spacial score (nSPS) is 12.1. The van der Waals surface area contributed by atoms with E-state index in [2.05, 4.69) is 0 Å². The van der Waals surface area contributed by atoms with Gasteiger partial charge in [0.15, 0.2) is 6.29 Å². The smallest absolute Gasteiger partial charge is 0.338 e. The number of carbonyl (C=O) groups excluding carboxylic acids is 1. The molecule has 0 spiro atoms. The SMILES string of the molecule is CCC(O)OCCCOC(=O)c1ccccc1. The number of hydrogen-bond donors (Lipinski definition) is 1. The highest BCUT2D eigenvalue weighted by Crippen LogP contribution is 2.01. The Kier molecular flexibility index (Phi) is 6.29. The highest BCUT2D eigenvalue weighted by molar-refractivity contribution is 5.89. The summed E-state index contributed by atoms with van der Waals surface area (Å²) in [5.41, 5.74) is 0.544. The molecule has 0 saturated heterocycles. The van der Waals surface area contributed by atoms with Crippen molar-refractivity contribution >= 4 is 5.97 Å². The lowest BCUT2D eigenvalue weighted by Gasteiger charge is -2.09. The van der Waals surface area contributed by atoms with Gasteiger partial charge in [-0.2, -0.15) is 0 Å². The van der Waals surface area contributed by atoms with Crippen LogP contribution in [-0.4, -0.2) is 30.6 Å². The van der Waals surface area contributed by atoms with Crippen LogP contribution < -0.4 is 0 Å². The van der Waals surface area contributed by atoms with Gasteiger partial charge in [-0.1, -0.05) is 25.1 Å². The number of aliphatic hydroxyl groups excluding tert-OH is 1. The summed E-state index contributed by atoms with van der Waals surface area (Å²) in [7, 11) is 0. The Morgan fingerprint density at radius 1 is 1.29 bits per heavy atom. The van der Waals surface area contributed by atoms with Crippen molar-refractivity contribution in [1.82, 2.24) is 0 Å². The molecule has 94 valence electrons. The van der Waals surface area contributed by atoms with Gasteiger partial charge in [0, 0.05) is 6.42 Å². The van der Waals surface area contributed by atoms with Crippen LogP contribution in [0.4, 0.5) is 0 Å². The molecule has 1 aromatic rings. The number of rotatable bonds is 7. The van der Waals surface area contributed by atoms with E-state index in [9.17, 15) is 4.79 Å². The van der Waals surface area contributed by atoms with Gasteiger partial charge < -0.3 is 14.6 Å². The summed E-state index contributed by atoms with van der Waals surface area (Å²) in [4.78, 5) is 11.5. The molecular weight excluding hydrogens is 220 g/mol. The third kappa shape index (κ3) is 5.47. The van der Waals surface area contributed by atoms with Crippen molar-refractivity contribution in [3.63, 3.8) is 0 Å². The van der Waals surface area contributed by atoms with Gasteiger partial charge in [0.25, 0.3) is 0 Å². The molecule has 0 aliphatic rings. The molecule has 1 aromatic carbocycles. The van der Waals surface area contributed by atoms with Gasteiger partial charge in [0.2, 0.25) is 0 Å². The second-order valence-corrected chi connectivity index (χ2v) is 3.59. The fourth-order valence-corrected chi connectivity index (χ4v) is 1.22. The number of ether oxygens (including phenoxy) is 2. The average molecular weight is 238 g/mol. The quantitative estimate of drug-likeness (QED) is 0.448. The Hall–Kier alpha value is -1.39. The van der Waals surface area contributed by atoms with Crippen LogP contribution in [0.25, 0.3) is 0 Å². The summed E-state index contributed by atoms with van der Waals surface area (Å²) in [6.07, 6.45) is 0.416. The van der Waals surface area contributed by atoms with Crippen molar-refractivity contribution in [2.75, 3.05) is 13.2 Å². The summed E-state index contributed by atoms with van der Waals surface area (Å²) in [6.45, 7) is 2.52. The highest BCUT2D eigenvalue weighted by atomic mass is 16.6. The van der Waals surface area contributed by atoms with Gasteiger partial charge in [0.05, 0.1) is 18.8 Å². The molecule has 4 heteroatoms. The minimum Gasteiger partial charge on any atom is -0.462 e. The maximum atomic E-state index is 11.5. The van der Waals surface area contributed by atoms with Crippen LogP contribution in [0.15, 0.2) is 30.3 Å². The van der Waals surface area contributed by atoms with Crippen LogP contribution in [0.2, 0.25) is 0 Å². The molecule has 0 heterocycles. The lowest BCUT2D eigenvalue weighted by molar-refractivity contribution is -0.102. The van der Waals surface area contributed by atoms with Crippen LogP contribution in [0, 0.1) is 0 Å². The van der Waals surface area contributed by atoms with E-state index in [-0.39, 0.29) is 5.97 Å². The predicted molar refractivity (Wildman–Crippen MR) is 63.6 cm³/mol. The van der Waals surface area contributed by atoms with E-state index in [1.54, 1.807) is 24.3 Å². The zero-order chi connectivity index (χ0) is 12.5. The molecule has 0 radical (unpaired) electrons. The molecule has 17 heavy (non-hydrogen) atoms. The van der Waals surface area contributed by atoms with Gasteiger partial charge in [-0.3, -0.25) is 0 Å². The second-order valence-electron chi connectivity index (χ2n) is 3.59. The van der Waals surface area contributed by atoms with Gasteiger partial charge in [-0.15, -0.1) is 0 Å². The van der Waals surface area contributed by atoms with E-state index in [4.69, 9.17) is 14.6 Å². The summed E-state index contributed by atoms with van der Waals surface area (Å²) >= 11 is 0.